The smallest absolute Gasteiger partial charge is 0.319 e. The summed E-state index contributed by atoms with van der Waals surface area (Å²) in [5.41, 5.74) is 4.00. The van der Waals surface area contributed by atoms with E-state index in [-0.39, 0.29) is 23.9 Å². The van der Waals surface area contributed by atoms with Gasteiger partial charge in [-0.3, -0.25) is 9.59 Å². The monoisotopic (exact) mass is 450 g/mol. The highest BCUT2D eigenvalue weighted by atomic mass is 16.2. The average Bonchev–Trinajstić information content (AvgIpc) is 2.79. The quantitative estimate of drug-likeness (QED) is 0.715. The van der Waals surface area contributed by atoms with Crippen molar-refractivity contribution >= 4 is 23.5 Å². The number of hydrogen-bond acceptors (Lipinski definition) is 3. The summed E-state index contributed by atoms with van der Waals surface area (Å²) < 4.78 is 0. The van der Waals surface area contributed by atoms with Crippen LogP contribution in [0.25, 0.3) is 0 Å². The van der Waals surface area contributed by atoms with Crippen molar-refractivity contribution < 1.29 is 14.4 Å². The molecular formula is C26H34N4O3. The zero-order valence-electron chi connectivity index (χ0n) is 20.1. The first-order valence-electron chi connectivity index (χ1n) is 11.4. The predicted molar refractivity (Wildman–Crippen MR) is 131 cm³/mol. The number of nitrogens with zero attached hydrogens (tertiary/aromatic N) is 2. The Balaban J connectivity index is 1.62. The molecule has 2 aromatic carbocycles. The molecule has 0 bridgehead atoms. The average molecular weight is 451 g/mol. The van der Waals surface area contributed by atoms with Gasteiger partial charge in [-0.05, 0) is 74.9 Å². The van der Waals surface area contributed by atoms with Crippen LogP contribution in [-0.2, 0) is 0 Å². The minimum absolute atomic E-state index is 0.00406. The summed E-state index contributed by atoms with van der Waals surface area (Å²) in [7, 11) is 3.49. The lowest BCUT2D eigenvalue weighted by Gasteiger charge is -2.32. The third-order valence-corrected chi connectivity index (χ3v) is 5.97. The summed E-state index contributed by atoms with van der Waals surface area (Å²) in [5, 5.41) is 5.64. The summed E-state index contributed by atoms with van der Waals surface area (Å²) >= 11 is 0. The van der Waals surface area contributed by atoms with Crippen LogP contribution in [0.2, 0.25) is 0 Å². The Labute approximate surface area is 196 Å². The normalized spacial score (nSPS) is 14.2. The number of nitrogens with one attached hydrogen (secondary N) is 2. The van der Waals surface area contributed by atoms with E-state index in [1.807, 2.05) is 62.1 Å². The lowest BCUT2D eigenvalue weighted by Crippen LogP contribution is -2.38. The van der Waals surface area contributed by atoms with Crippen molar-refractivity contribution in [1.29, 1.82) is 0 Å². The van der Waals surface area contributed by atoms with Crippen molar-refractivity contribution in [1.82, 2.24) is 15.1 Å². The molecule has 0 spiro atoms. The summed E-state index contributed by atoms with van der Waals surface area (Å²) in [5.74, 6) is 0.343. The van der Waals surface area contributed by atoms with Crippen molar-refractivity contribution in [2.24, 2.45) is 0 Å². The molecule has 1 saturated heterocycles. The molecule has 4 amide bonds. The van der Waals surface area contributed by atoms with Crippen LogP contribution in [0.4, 0.5) is 10.5 Å². The van der Waals surface area contributed by atoms with Crippen molar-refractivity contribution in [2.45, 2.75) is 45.6 Å². The van der Waals surface area contributed by atoms with Crippen molar-refractivity contribution in [3.8, 4) is 0 Å². The number of piperidine rings is 1. The van der Waals surface area contributed by atoms with Crippen LogP contribution < -0.4 is 10.6 Å². The zero-order chi connectivity index (χ0) is 24.1. The van der Waals surface area contributed by atoms with E-state index in [9.17, 15) is 14.4 Å². The van der Waals surface area contributed by atoms with Crippen LogP contribution in [0.1, 0.15) is 64.4 Å². The molecule has 0 unspecified atom stereocenters. The molecule has 1 heterocycles. The molecule has 3 rings (SSSR count). The fourth-order valence-corrected chi connectivity index (χ4v) is 4.06. The van der Waals surface area contributed by atoms with E-state index in [0.29, 0.717) is 35.8 Å². The molecule has 7 nitrogen and oxygen atoms in total. The topological polar surface area (TPSA) is 81.8 Å². The number of hydrogen-bond donors (Lipinski definition) is 2. The maximum atomic E-state index is 13.1. The Bertz CT molecular complexity index is 1010. The molecule has 0 atom stereocenters. The Morgan fingerprint density at radius 2 is 1.58 bits per heavy atom. The van der Waals surface area contributed by atoms with Gasteiger partial charge in [-0.15, -0.1) is 0 Å². The van der Waals surface area contributed by atoms with E-state index < -0.39 is 0 Å². The minimum atomic E-state index is -0.281. The van der Waals surface area contributed by atoms with E-state index in [0.717, 1.165) is 18.4 Å². The van der Waals surface area contributed by atoms with Gasteiger partial charge in [0.05, 0.1) is 0 Å². The van der Waals surface area contributed by atoms with Gasteiger partial charge in [0.2, 0.25) is 0 Å². The standard InChI is InChI=1S/C26H34N4O3/c1-17(2)27-26(33)28-23-16-22(7-6-18(23)3)25(32)30-14-12-20(13-15-30)19-8-10-21(11-9-19)24(31)29(4)5/h6-11,16-17,20H,12-15H2,1-5H3,(H2,27,28,33). The van der Waals surface area contributed by atoms with Crippen LogP contribution in [0.5, 0.6) is 0 Å². The molecule has 0 radical (unpaired) electrons. The highest BCUT2D eigenvalue weighted by Crippen LogP contribution is 2.29. The van der Waals surface area contributed by atoms with Gasteiger partial charge >= 0.3 is 6.03 Å². The van der Waals surface area contributed by atoms with Gasteiger partial charge in [-0.2, -0.15) is 0 Å². The van der Waals surface area contributed by atoms with E-state index in [4.69, 9.17) is 0 Å². The third-order valence-electron chi connectivity index (χ3n) is 5.97. The number of likely N-dealkylation sites (tertiary alicyclic amines) is 1. The van der Waals surface area contributed by atoms with Gasteiger partial charge in [-0.1, -0.05) is 18.2 Å². The van der Waals surface area contributed by atoms with Gasteiger partial charge in [0.25, 0.3) is 11.8 Å². The molecule has 33 heavy (non-hydrogen) atoms. The predicted octanol–water partition coefficient (Wildman–Crippen LogP) is 4.25. The van der Waals surface area contributed by atoms with E-state index in [1.165, 1.54) is 5.56 Å². The molecule has 0 aromatic heterocycles. The highest BCUT2D eigenvalue weighted by Gasteiger charge is 2.25. The number of amides is 4. The van der Waals surface area contributed by atoms with Crippen LogP contribution in [0.3, 0.4) is 0 Å². The number of carbonyl (C=O) groups is 3. The molecule has 176 valence electrons. The number of urea groups is 1. The first-order valence-corrected chi connectivity index (χ1v) is 11.4. The maximum absolute atomic E-state index is 13.1. The summed E-state index contributed by atoms with van der Waals surface area (Å²) in [6.07, 6.45) is 1.75. The second kappa shape index (κ2) is 10.5. The van der Waals surface area contributed by atoms with Gasteiger partial charge in [-0.25, -0.2) is 4.79 Å². The van der Waals surface area contributed by atoms with E-state index >= 15 is 0 Å². The molecule has 1 aliphatic rings. The number of aryl methyl sites for hydroxylation is 1. The van der Waals surface area contributed by atoms with Crippen LogP contribution in [-0.4, -0.2) is 60.9 Å². The molecule has 2 N–H and O–H groups in total. The molecule has 7 heteroatoms. The van der Waals surface area contributed by atoms with Gasteiger partial charge in [0.1, 0.15) is 0 Å². The second-order valence-corrected chi connectivity index (χ2v) is 9.17. The van der Waals surface area contributed by atoms with Crippen molar-refractivity contribution in [3.63, 3.8) is 0 Å². The first kappa shape index (κ1) is 24.3. The number of anilines is 1. The molecule has 1 fully saturated rings. The maximum Gasteiger partial charge on any atom is 0.319 e. The second-order valence-electron chi connectivity index (χ2n) is 9.17. The van der Waals surface area contributed by atoms with Crippen molar-refractivity contribution in [2.75, 3.05) is 32.5 Å². The third kappa shape index (κ3) is 6.12. The number of benzene rings is 2. The van der Waals surface area contributed by atoms with E-state index in [1.54, 1.807) is 25.1 Å². The highest BCUT2D eigenvalue weighted by molar-refractivity contribution is 5.97. The molecule has 2 aromatic rings. The summed E-state index contributed by atoms with van der Waals surface area (Å²) in [6.45, 7) is 7.04. The number of carbonyl (C=O) groups excluding carboxylic acids is 3. The first-order chi connectivity index (χ1) is 15.7. The molecular weight excluding hydrogens is 416 g/mol. The van der Waals surface area contributed by atoms with Crippen LogP contribution in [0, 0.1) is 6.92 Å². The van der Waals surface area contributed by atoms with Gasteiger partial charge in [0, 0.05) is 50.0 Å². The Hall–Kier alpha value is -3.35. The summed E-state index contributed by atoms with van der Waals surface area (Å²) in [6, 6.07) is 13.0. The Morgan fingerprint density at radius 1 is 0.970 bits per heavy atom. The fourth-order valence-electron chi connectivity index (χ4n) is 4.06. The van der Waals surface area contributed by atoms with Gasteiger partial charge < -0.3 is 20.4 Å². The molecule has 0 saturated carbocycles. The lowest BCUT2D eigenvalue weighted by atomic mass is 9.88. The number of rotatable bonds is 5. The fraction of sp³-hybridized carbons (Fsp3) is 0.423. The summed E-state index contributed by atoms with van der Waals surface area (Å²) in [4.78, 5) is 40.7. The lowest BCUT2D eigenvalue weighted by molar-refractivity contribution is 0.0712. The van der Waals surface area contributed by atoms with Crippen molar-refractivity contribution in [3.05, 3.63) is 64.7 Å². The van der Waals surface area contributed by atoms with Crippen LogP contribution in [0.15, 0.2) is 42.5 Å². The van der Waals surface area contributed by atoms with Gasteiger partial charge in [0.15, 0.2) is 0 Å². The zero-order valence-corrected chi connectivity index (χ0v) is 20.1. The minimum Gasteiger partial charge on any atom is -0.345 e. The molecule has 0 aliphatic carbocycles. The Kier molecular flexibility index (Phi) is 7.74. The SMILES string of the molecule is Cc1ccc(C(=O)N2CCC(c3ccc(C(=O)N(C)C)cc3)CC2)cc1NC(=O)NC(C)C. The molecule has 1 aliphatic heterocycles. The largest absolute Gasteiger partial charge is 0.345 e. The van der Waals surface area contributed by atoms with Crippen LogP contribution >= 0.6 is 0 Å². The Morgan fingerprint density at radius 3 is 2.15 bits per heavy atom. The van der Waals surface area contributed by atoms with E-state index in [2.05, 4.69) is 10.6 Å².